The minimum Gasteiger partial charge on any atom is -0.484 e. The van der Waals surface area contributed by atoms with Gasteiger partial charge in [0, 0.05) is 6.20 Å². The van der Waals surface area contributed by atoms with Crippen LogP contribution < -0.4 is 10.1 Å². The maximum Gasteiger partial charge on any atom is 0.258 e. The zero-order chi connectivity index (χ0) is 14.4. The zero-order valence-corrected chi connectivity index (χ0v) is 11.7. The summed E-state index contributed by atoms with van der Waals surface area (Å²) >= 11 is 0. The second-order valence-corrected chi connectivity index (χ2v) is 4.66. The second-order valence-electron chi connectivity index (χ2n) is 4.66. The summed E-state index contributed by atoms with van der Waals surface area (Å²) in [7, 11) is 0. The van der Waals surface area contributed by atoms with E-state index in [2.05, 4.69) is 10.3 Å². The lowest BCUT2D eigenvalue weighted by Crippen LogP contribution is -2.28. The SMILES string of the molecule is Cc1ccc(OCC(=O)NCc2ccccn2)c(C)c1. The molecule has 0 atom stereocenters. The fraction of sp³-hybridized carbons (Fsp3) is 0.250. The number of ether oxygens (including phenoxy) is 1. The maximum absolute atomic E-state index is 11.7. The van der Waals surface area contributed by atoms with Gasteiger partial charge in [-0.2, -0.15) is 0 Å². The van der Waals surface area contributed by atoms with Gasteiger partial charge in [0.1, 0.15) is 5.75 Å². The lowest BCUT2D eigenvalue weighted by molar-refractivity contribution is -0.123. The summed E-state index contributed by atoms with van der Waals surface area (Å²) in [5.41, 5.74) is 3.03. The van der Waals surface area contributed by atoms with Gasteiger partial charge in [0.25, 0.3) is 5.91 Å². The van der Waals surface area contributed by atoms with Crippen molar-refractivity contribution in [2.75, 3.05) is 6.61 Å². The first-order chi connectivity index (χ1) is 9.65. The van der Waals surface area contributed by atoms with E-state index in [1.165, 1.54) is 5.56 Å². The number of benzene rings is 1. The van der Waals surface area contributed by atoms with Crippen molar-refractivity contribution in [1.29, 1.82) is 0 Å². The molecule has 1 heterocycles. The minimum absolute atomic E-state index is 0.0106. The van der Waals surface area contributed by atoms with Crippen LogP contribution in [0.2, 0.25) is 0 Å². The molecular weight excluding hydrogens is 252 g/mol. The molecule has 0 aliphatic heterocycles. The van der Waals surface area contributed by atoms with Gasteiger partial charge in [0.05, 0.1) is 12.2 Å². The number of carbonyl (C=O) groups excluding carboxylic acids is 1. The summed E-state index contributed by atoms with van der Waals surface area (Å²) in [4.78, 5) is 15.8. The van der Waals surface area contributed by atoms with E-state index < -0.39 is 0 Å². The zero-order valence-electron chi connectivity index (χ0n) is 11.7. The van der Waals surface area contributed by atoms with E-state index in [-0.39, 0.29) is 12.5 Å². The fourth-order valence-electron chi connectivity index (χ4n) is 1.85. The molecule has 4 heteroatoms. The van der Waals surface area contributed by atoms with E-state index in [1.54, 1.807) is 6.20 Å². The molecule has 0 spiro atoms. The lowest BCUT2D eigenvalue weighted by Gasteiger charge is -2.10. The molecule has 20 heavy (non-hydrogen) atoms. The Balaban J connectivity index is 1.80. The predicted molar refractivity (Wildman–Crippen MR) is 77.5 cm³/mol. The van der Waals surface area contributed by atoms with Crippen molar-refractivity contribution in [3.05, 3.63) is 59.4 Å². The van der Waals surface area contributed by atoms with E-state index in [0.29, 0.717) is 6.54 Å². The first-order valence-corrected chi connectivity index (χ1v) is 6.52. The Morgan fingerprint density at radius 2 is 2.10 bits per heavy atom. The molecule has 0 fully saturated rings. The standard InChI is InChI=1S/C16H18N2O2/c1-12-6-7-15(13(2)9-12)20-11-16(19)18-10-14-5-3-4-8-17-14/h3-9H,10-11H2,1-2H3,(H,18,19). The van der Waals surface area contributed by atoms with Crippen LogP contribution in [0.4, 0.5) is 0 Å². The van der Waals surface area contributed by atoms with Crippen molar-refractivity contribution >= 4 is 5.91 Å². The molecule has 2 rings (SSSR count). The van der Waals surface area contributed by atoms with Crippen LogP contribution in [0.1, 0.15) is 16.8 Å². The summed E-state index contributed by atoms with van der Waals surface area (Å²) < 4.78 is 5.51. The van der Waals surface area contributed by atoms with Gasteiger partial charge in [-0.1, -0.05) is 23.8 Å². The Morgan fingerprint density at radius 3 is 2.80 bits per heavy atom. The van der Waals surface area contributed by atoms with E-state index in [1.807, 2.05) is 50.2 Å². The Bertz CT molecular complexity index is 582. The topological polar surface area (TPSA) is 51.2 Å². The van der Waals surface area contributed by atoms with Crippen LogP contribution >= 0.6 is 0 Å². The van der Waals surface area contributed by atoms with Crippen LogP contribution in [0.5, 0.6) is 5.75 Å². The van der Waals surface area contributed by atoms with Crippen molar-refractivity contribution in [1.82, 2.24) is 10.3 Å². The number of rotatable bonds is 5. The highest BCUT2D eigenvalue weighted by atomic mass is 16.5. The molecule has 1 aromatic carbocycles. The van der Waals surface area contributed by atoms with Crippen molar-refractivity contribution in [3.63, 3.8) is 0 Å². The van der Waals surface area contributed by atoms with Crippen LogP contribution in [-0.4, -0.2) is 17.5 Å². The number of aromatic nitrogens is 1. The number of nitrogens with zero attached hydrogens (tertiary/aromatic N) is 1. The summed E-state index contributed by atoms with van der Waals surface area (Å²) in [5, 5.41) is 2.77. The second kappa shape index (κ2) is 6.70. The number of carbonyl (C=O) groups is 1. The Morgan fingerprint density at radius 1 is 1.25 bits per heavy atom. The van der Waals surface area contributed by atoms with E-state index in [9.17, 15) is 4.79 Å². The Kier molecular flexibility index (Phi) is 4.71. The fourth-order valence-corrected chi connectivity index (χ4v) is 1.85. The number of aryl methyl sites for hydroxylation is 2. The predicted octanol–water partition coefficient (Wildman–Crippen LogP) is 2.39. The summed E-state index contributed by atoms with van der Waals surface area (Å²) in [6.45, 7) is 4.41. The van der Waals surface area contributed by atoms with E-state index in [4.69, 9.17) is 4.74 Å². The van der Waals surface area contributed by atoms with Gasteiger partial charge in [0.2, 0.25) is 0 Å². The van der Waals surface area contributed by atoms with Crippen molar-refractivity contribution in [2.24, 2.45) is 0 Å². The van der Waals surface area contributed by atoms with Crippen LogP contribution in [-0.2, 0) is 11.3 Å². The normalized spacial score (nSPS) is 10.1. The summed E-state index contributed by atoms with van der Waals surface area (Å²) in [5.74, 6) is 0.583. The molecule has 1 aromatic heterocycles. The Hall–Kier alpha value is -2.36. The highest BCUT2D eigenvalue weighted by Gasteiger charge is 2.05. The minimum atomic E-state index is -0.157. The van der Waals surface area contributed by atoms with E-state index >= 15 is 0 Å². The number of hydrogen-bond acceptors (Lipinski definition) is 3. The average molecular weight is 270 g/mol. The third kappa shape index (κ3) is 4.09. The third-order valence-corrected chi connectivity index (χ3v) is 2.88. The molecule has 0 radical (unpaired) electrons. The molecule has 4 nitrogen and oxygen atoms in total. The van der Waals surface area contributed by atoms with Crippen LogP contribution in [0.25, 0.3) is 0 Å². The van der Waals surface area contributed by atoms with Crippen molar-refractivity contribution in [2.45, 2.75) is 20.4 Å². The highest BCUT2D eigenvalue weighted by Crippen LogP contribution is 2.18. The quantitative estimate of drug-likeness (QED) is 0.907. The number of hydrogen-bond donors (Lipinski definition) is 1. The molecule has 1 amide bonds. The average Bonchev–Trinajstić information content (AvgIpc) is 2.45. The molecule has 0 aliphatic carbocycles. The molecule has 0 aliphatic rings. The maximum atomic E-state index is 11.7. The number of pyridine rings is 1. The lowest BCUT2D eigenvalue weighted by atomic mass is 10.1. The van der Waals surface area contributed by atoms with Gasteiger partial charge in [-0.05, 0) is 37.6 Å². The highest BCUT2D eigenvalue weighted by molar-refractivity contribution is 5.77. The molecule has 0 unspecified atom stereocenters. The van der Waals surface area contributed by atoms with Crippen LogP contribution in [0.3, 0.4) is 0 Å². The molecule has 104 valence electrons. The van der Waals surface area contributed by atoms with Crippen molar-refractivity contribution < 1.29 is 9.53 Å². The third-order valence-electron chi connectivity index (χ3n) is 2.88. The summed E-state index contributed by atoms with van der Waals surface area (Å²) in [6.07, 6.45) is 1.70. The van der Waals surface area contributed by atoms with Gasteiger partial charge in [0.15, 0.2) is 6.61 Å². The van der Waals surface area contributed by atoms with Crippen LogP contribution in [0.15, 0.2) is 42.6 Å². The first kappa shape index (κ1) is 14.1. The van der Waals surface area contributed by atoms with Gasteiger partial charge in [-0.25, -0.2) is 0 Å². The van der Waals surface area contributed by atoms with Gasteiger partial charge >= 0.3 is 0 Å². The van der Waals surface area contributed by atoms with Gasteiger partial charge < -0.3 is 10.1 Å². The number of nitrogens with one attached hydrogen (secondary N) is 1. The molecule has 2 aromatic rings. The Labute approximate surface area is 118 Å². The smallest absolute Gasteiger partial charge is 0.258 e. The van der Waals surface area contributed by atoms with Crippen molar-refractivity contribution in [3.8, 4) is 5.75 Å². The van der Waals surface area contributed by atoms with Gasteiger partial charge in [-0.15, -0.1) is 0 Å². The largest absolute Gasteiger partial charge is 0.484 e. The molecule has 0 bridgehead atoms. The molecular formula is C16H18N2O2. The monoisotopic (exact) mass is 270 g/mol. The van der Waals surface area contributed by atoms with Crippen LogP contribution in [0, 0.1) is 13.8 Å². The first-order valence-electron chi connectivity index (χ1n) is 6.52. The van der Waals surface area contributed by atoms with E-state index in [0.717, 1.165) is 17.0 Å². The van der Waals surface area contributed by atoms with Gasteiger partial charge in [-0.3, -0.25) is 9.78 Å². The number of amides is 1. The molecule has 0 saturated heterocycles. The summed E-state index contributed by atoms with van der Waals surface area (Å²) in [6, 6.07) is 11.5. The molecule has 0 saturated carbocycles. The molecule has 1 N–H and O–H groups in total.